The molecule has 0 aliphatic rings. The fourth-order valence-electron chi connectivity index (χ4n) is 1.82. The van der Waals surface area contributed by atoms with E-state index in [9.17, 15) is 9.90 Å². The maximum Gasteiger partial charge on any atom is 0.272 e. The highest BCUT2D eigenvalue weighted by Crippen LogP contribution is 2.22. The molecule has 2 rings (SSSR count). The van der Waals surface area contributed by atoms with Crippen molar-refractivity contribution in [3.8, 4) is 5.75 Å². The Balaban J connectivity index is 2.17. The van der Waals surface area contributed by atoms with E-state index in [0.717, 1.165) is 5.56 Å². The zero-order valence-corrected chi connectivity index (χ0v) is 10.9. The fourth-order valence-corrected chi connectivity index (χ4v) is 1.82. The Morgan fingerprint density at radius 3 is 2.47 bits per heavy atom. The summed E-state index contributed by atoms with van der Waals surface area (Å²) in [5.41, 5.74) is 1.39. The minimum absolute atomic E-state index is 0.0879. The summed E-state index contributed by atoms with van der Waals surface area (Å²) in [4.78, 5) is 17.9. The lowest BCUT2D eigenvalue weighted by atomic mass is 10.1. The molecule has 0 aliphatic heterocycles. The fraction of sp³-hybridized carbons (Fsp3) is 0.200. The molecule has 0 spiro atoms. The lowest BCUT2D eigenvalue weighted by molar-refractivity contribution is 0.0736. The van der Waals surface area contributed by atoms with Crippen LogP contribution in [-0.4, -0.2) is 27.9 Å². The van der Waals surface area contributed by atoms with E-state index in [1.54, 1.807) is 48.5 Å². The third-order valence-corrected chi connectivity index (χ3v) is 3.16. The monoisotopic (exact) mass is 256 g/mol. The van der Waals surface area contributed by atoms with Crippen LogP contribution in [0.15, 0.2) is 48.7 Å². The molecule has 0 saturated carbocycles. The summed E-state index contributed by atoms with van der Waals surface area (Å²) in [6, 6.07) is 12.0. The van der Waals surface area contributed by atoms with Gasteiger partial charge in [0.2, 0.25) is 0 Å². The molecule has 98 valence electrons. The number of hydrogen-bond donors (Lipinski definition) is 1. The number of phenols is 1. The predicted octanol–water partition coefficient (Wildman–Crippen LogP) is 2.62. The largest absolute Gasteiger partial charge is 0.508 e. The number of benzene rings is 1. The molecule has 1 aromatic carbocycles. The standard InChI is InChI=1S/C15H16N2O2/c1-11(12-6-8-13(18)9-7-12)17(2)15(19)14-5-3-4-10-16-14/h3-11,18H,1-2H3. The Morgan fingerprint density at radius 2 is 1.89 bits per heavy atom. The molecule has 4 nitrogen and oxygen atoms in total. The molecule has 0 radical (unpaired) electrons. The first-order valence-electron chi connectivity index (χ1n) is 6.06. The molecule has 1 aromatic heterocycles. The zero-order chi connectivity index (χ0) is 13.8. The molecule has 1 heterocycles. The molecule has 19 heavy (non-hydrogen) atoms. The summed E-state index contributed by atoms with van der Waals surface area (Å²) < 4.78 is 0. The summed E-state index contributed by atoms with van der Waals surface area (Å²) in [7, 11) is 1.74. The van der Waals surface area contributed by atoms with Crippen molar-refractivity contribution >= 4 is 5.91 Å². The van der Waals surface area contributed by atoms with Crippen molar-refractivity contribution in [1.29, 1.82) is 0 Å². The van der Waals surface area contributed by atoms with Gasteiger partial charge in [-0.25, -0.2) is 0 Å². The first-order chi connectivity index (χ1) is 9.09. The lowest BCUT2D eigenvalue weighted by Gasteiger charge is -2.25. The van der Waals surface area contributed by atoms with E-state index in [4.69, 9.17) is 0 Å². The molecule has 1 N–H and O–H groups in total. The molecule has 0 saturated heterocycles. The lowest BCUT2D eigenvalue weighted by Crippen LogP contribution is -2.30. The average Bonchev–Trinajstić information content (AvgIpc) is 2.46. The number of carbonyl (C=O) groups excluding carboxylic acids is 1. The van der Waals surface area contributed by atoms with Crippen LogP contribution in [0.1, 0.15) is 29.0 Å². The minimum atomic E-state index is -0.124. The number of phenolic OH excluding ortho intramolecular Hbond substituents is 1. The number of hydrogen-bond acceptors (Lipinski definition) is 3. The Morgan fingerprint density at radius 1 is 1.21 bits per heavy atom. The third kappa shape index (κ3) is 2.91. The normalized spacial score (nSPS) is 11.9. The smallest absolute Gasteiger partial charge is 0.272 e. The van der Waals surface area contributed by atoms with Gasteiger partial charge in [0.25, 0.3) is 5.91 Å². The third-order valence-electron chi connectivity index (χ3n) is 3.16. The van der Waals surface area contributed by atoms with Crippen LogP contribution < -0.4 is 0 Å². The van der Waals surface area contributed by atoms with Gasteiger partial charge in [0, 0.05) is 13.2 Å². The maximum atomic E-state index is 12.2. The molecular formula is C15H16N2O2. The molecule has 4 heteroatoms. The highest BCUT2D eigenvalue weighted by molar-refractivity contribution is 5.92. The summed E-state index contributed by atoms with van der Waals surface area (Å²) in [6.07, 6.45) is 1.60. The number of carbonyl (C=O) groups is 1. The van der Waals surface area contributed by atoms with Gasteiger partial charge in [-0.2, -0.15) is 0 Å². The molecule has 1 amide bonds. The molecule has 2 aromatic rings. The summed E-state index contributed by atoms with van der Waals surface area (Å²) >= 11 is 0. The van der Waals surface area contributed by atoms with Crippen molar-refractivity contribution in [3.05, 3.63) is 59.9 Å². The van der Waals surface area contributed by atoms with Gasteiger partial charge in [0.05, 0.1) is 6.04 Å². The van der Waals surface area contributed by atoms with Crippen molar-refractivity contribution in [2.45, 2.75) is 13.0 Å². The number of pyridine rings is 1. The first kappa shape index (κ1) is 13.1. The van der Waals surface area contributed by atoms with Crippen molar-refractivity contribution in [2.75, 3.05) is 7.05 Å². The highest BCUT2D eigenvalue weighted by Gasteiger charge is 2.19. The van der Waals surface area contributed by atoms with Crippen LogP contribution in [0.25, 0.3) is 0 Å². The Kier molecular flexibility index (Phi) is 3.80. The number of nitrogens with zero attached hydrogens (tertiary/aromatic N) is 2. The maximum absolute atomic E-state index is 12.2. The SMILES string of the molecule is CC(c1ccc(O)cc1)N(C)C(=O)c1ccccn1. The molecule has 0 fully saturated rings. The predicted molar refractivity (Wildman–Crippen MR) is 72.9 cm³/mol. The van der Waals surface area contributed by atoms with Gasteiger partial charge in [0.15, 0.2) is 0 Å². The van der Waals surface area contributed by atoms with Crippen molar-refractivity contribution in [2.24, 2.45) is 0 Å². The number of amides is 1. The Bertz CT molecular complexity index is 552. The molecule has 1 atom stereocenters. The van der Waals surface area contributed by atoms with Crippen LogP contribution in [0.2, 0.25) is 0 Å². The van der Waals surface area contributed by atoms with Gasteiger partial charge in [-0.1, -0.05) is 18.2 Å². The quantitative estimate of drug-likeness (QED) is 0.918. The average molecular weight is 256 g/mol. The minimum Gasteiger partial charge on any atom is -0.508 e. The molecule has 1 unspecified atom stereocenters. The van der Waals surface area contributed by atoms with Crippen molar-refractivity contribution in [3.63, 3.8) is 0 Å². The highest BCUT2D eigenvalue weighted by atomic mass is 16.3. The second-order valence-electron chi connectivity index (χ2n) is 4.40. The molecule has 0 aliphatic carbocycles. The second-order valence-corrected chi connectivity index (χ2v) is 4.40. The van der Waals surface area contributed by atoms with Crippen LogP contribution in [0.4, 0.5) is 0 Å². The van der Waals surface area contributed by atoms with E-state index >= 15 is 0 Å². The Labute approximate surface area is 112 Å². The van der Waals surface area contributed by atoms with E-state index in [1.807, 2.05) is 19.1 Å². The van der Waals surface area contributed by atoms with E-state index < -0.39 is 0 Å². The van der Waals surface area contributed by atoms with Gasteiger partial charge in [-0.05, 0) is 36.8 Å². The van der Waals surface area contributed by atoms with E-state index in [0.29, 0.717) is 5.69 Å². The summed E-state index contributed by atoms with van der Waals surface area (Å²) in [5, 5.41) is 9.27. The number of aromatic nitrogens is 1. The van der Waals surface area contributed by atoms with Crippen LogP contribution >= 0.6 is 0 Å². The van der Waals surface area contributed by atoms with Crippen molar-refractivity contribution in [1.82, 2.24) is 9.88 Å². The van der Waals surface area contributed by atoms with E-state index in [1.165, 1.54) is 0 Å². The number of aromatic hydroxyl groups is 1. The van der Waals surface area contributed by atoms with Gasteiger partial charge >= 0.3 is 0 Å². The first-order valence-corrected chi connectivity index (χ1v) is 6.06. The molecule has 0 bridgehead atoms. The van der Waals surface area contributed by atoms with Crippen LogP contribution in [0.5, 0.6) is 5.75 Å². The van der Waals surface area contributed by atoms with Crippen LogP contribution in [0.3, 0.4) is 0 Å². The Hall–Kier alpha value is -2.36. The topological polar surface area (TPSA) is 53.4 Å². The van der Waals surface area contributed by atoms with Crippen molar-refractivity contribution < 1.29 is 9.90 Å². The van der Waals surface area contributed by atoms with Gasteiger partial charge < -0.3 is 10.0 Å². The van der Waals surface area contributed by atoms with Gasteiger partial charge in [-0.15, -0.1) is 0 Å². The number of rotatable bonds is 3. The van der Waals surface area contributed by atoms with Crippen LogP contribution in [-0.2, 0) is 0 Å². The summed E-state index contributed by atoms with van der Waals surface area (Å²) in [6.45, 7) is 1.94. The molecular weight excluding hydrogens is 240 g/mol. The van der Waals surface area contributed by atoms with Gasteiger partial charge in [0.1, 0.15) is 11.4 Å². The van der Waals surface area contributed by atoms with Gasteiger partial charge in [-0.3, -0.25) is 9.78 Å². The van der Waals surface area contributed by atoms with Crippen LogP contribution in [0, 0.1) is 0 Å². The zero-order valence-electron chi connectivity index (χ0n) is 10.9. The second kappa shape index (κ2) is 5.52. The summed E-state index contributed by atoms with van der Waals surface area (Å²) in [5.74, 6) is 0.0934. The van der Waals surface area contributed by atoms with E-state index in [2.05, 4.69) is 4.98 Å². The van der Waals surface area contributed by atoms with E-state index in [-0.39, 0.29) is 17.7 Å².